The molecule has 1 heterocycles. The van der Waals surface area contributed by atoms with E-state index in [4.69, 9.17) is 5.26 Å². The Morgan fingerprint density at radius 1 is 1.18 bits per heavy atom. The van der Waals surface area contributed by atoms with Crippen molar-refractivity contribution in [2.45, 2.75) is 38.1 Å². The summed E-state index contributed by atoms with van der Waals surface area (Å²) in [6, 6.07) is 20.0. The lowest BCUT2D eigenvalue weighted by atomic mass is 9.86. The van der Waals surface area contributed by atoms with Crippen molar-refractivity contribution in [3.63, 3.8) is 0 Å². The number of anilines is 1. The molecule has 0 bridgehead atoms. The summed E-state index contributed by atoms with van der Waals surface area (Å²) >= 11 is 0. The van der Waals surface area contributed by atoms with E-state index in [1.807, 2.05) is 0 Å². The molecule has 2 aromatic rings. The second-order valence-electron chi connectivity index (χ2n) is 7.45. The second kappa shape index (κ2) is 10.5. The van der Waals surface area contributed by atoms with Gasteiger partial charge >= 0.3 is 6.03 Å². The van der Waals surface area contributed by atoms with Crippen LogP contribution in [0.3, 0.4) is 0 Å². The van der Waals surface area contributed by atoms with Crippen LogP contribution < -0.4 is 16.0 Å². The van der Waals surface area contributed by atoms with Crippen LogP contribution >= 0.6 is 0 Å². The van der Waals surface area contributed by atoms with Crippen molar-refractivity contribution in [1.82, 2.24) is 10.6 Å². The number of nitrogens with zero attached hydrogens (tertiary/aromatic N) is 1. The molecule has 2 aromatic carbocycles. The van der Waals surface area contributed by atoms with E-state index in [2.05, 4.69) is 52.4 Å². The summed E-state index contributed by atoms with van der Waals surface area (Å²) in [5, 5.41) is 18.2. The number of piperidine rings is 1. The number of hydrogen-bond donors (Lipinski definition) is 3. The number of rotatable bonds is 7. The van der Waals surface area contributed by atoms with E-state index in [1.54, 1.807) is 24.3 Å². The molecule has 0 aliphatic carbocycles. The lowest BCUT2D eigenvalue weighted by Gasteiger charge is -2.30. The molecule has 0 unspecified atom stereocenters. The molecule has 1 aliphatic rings. The van der Waals surface area contributed by atoms with E-state index in [-0.39, 0.29) is 6.03 Å². The summed E-state index contributed by atoms with van der Waals surface area (Å²) in [5.41, 5.74) is 2.59. The number of carbonyl (C=O) groups is 1. The fourth-order valence-corrected chi connectivity index (χ4v) is 3.84. The maximum atomic E-state index is 12.0. The highest BCUT2D eigenvalue weighted by molar-refractivity contribution is 5.89. The molecule has 0 aromatic heterocycles. The van der Waals surface area contributed by atoms with Gasteiger partial charge in [-0.2, -0.15) is 5.26 Å². The molecule has 146 valence electrons. The van der Waals surface area contributed by atoms with Crippen molar-refractivity contribution >= 4 is 11.7 Å². The Bertz CT molecular complexity index is 800. The van der Waals surface area contributed by atoms with Gasteiger partial charge in [-0.15, -0.1) is 0 Å². The topological polar surface area (TPSA) is 77.0 Å². The number of urea groups is 1. The molecule has 2 atom stereocenters. The number of carbonyl (C=O) groups excluding carboxylic acids is 1. The molecule has 3 rings (SSSR count). The van der Waals surface area contributed by atoms with Crippen LogP contribution in [0.1, 0.15) is 36.8 Å². The lowest BCUT2D eigenvalue weighted by Crippen LogP contribution is -2.39. The Hall–Kier alpha value is -2.84. The van der Waals surface area contributed by atoms with Crippen LogP contribution in [0, 0.1) is 17.2 Å². The third-order valence-corrected chi connectivity index (χ3v) is 5.24. The Kier molecular flexibility index (Phi) is 7.45. The lowest BCUT2D eigenvalue weighted by molar-refractivity contribution is 0.250. The molecule has 1 aliphatic heterocycles. The van der Waals surface area contributed by atoms with Gasteiger partial charge in [-0.1, -0.05) is 36.4 Å². The quantitative estimate of drug-likeness (QED) is 0.638. The number of nitriles is 1. The average Bonchev–Trinajstić information content (AvgIpc) is 2.72. The maximum Gasteiger partial charge on any atom is 0.319 e. The number of amides is 2. The van der Waals surface area contributed by atoms with Gasteiger partial charge in [0, 0.05) is 18.3 Å². The standard InChI is InChI=1S/C23H28N4O/c24-17-20-8-4-9-22(16-20)27-23(28)26-12-5-10-21-15-19(11-13-25-21)14-18-6-2-1-3-7-18/h1-4,6-9,16,19,21,25H,5,10-15H2,(H2,26,27,28)/t19-,21+/m1/s1. The predicted octanol–water partition coefficient (Wildman–Crippen LogP) is 4.07. The SMILES string of the molecule is N#Cc1cccc(NC(=O)NCCC[C@H]2C[C@@H](Cc3ccccc3)CCN2)c1. The van der Waals surface area contributed by atoms with Gasteiger partial charge in [0.15, 0.2) is 0 Å². The fourth-order valence-electron chi connectivity index (χ4n) is 3.84. The molecule has 0 saturated carbocycles. The summed E-state index contributed by atoms with van der Waals surface area (Å²) in [7, 11) is 0. The molecule has 1 fully saturated rings. The molecule has 0 spiro atoms. The third-order valence-electron chi connectivity index (χ3n) is 5.24. The maximum absolute atomic E-state index is 12.0. The average molecular weight is 377 g/mol. The zero-order valence-electron chi connectivity index (χ0n) is 16.2. The first kappa shape index (κ1) is 19.9. The second-order valence-corrected chi connectivity index (χ2v) is 7.45. The van der Waals surface area contributed by atoms with Crippen molar-refractivity contribution in [2.75, 3.05) is 18.4 Å². The largest absolute Gasteiger partial charge is 0.338 e. The molecule has 28 heavy (non-hydrogen) atoms. The van der Waals surface area contributed by atoms with Crippen LogP contribution in [0.15, 0.2) is 54.6 Å². The number of hydrogen-bond acceptors (Lipinski definition) is 3. The van der Waals surface area contributed by atoms with Gasteiger partial charge in [0.2, 0.25) is 0 Å². The van der Waals surface area contributed by atoms with Crippen LogP contribution in [-0.2, 0) is 6.42 Å². The van der Waals surface area contributed by atoms with Crippen molar-refractivity contribution in [1.29, 1.82) is 5.26 Å². The Labute approximate surface area is 167 Å². The predicted molar refractivity (Wildman–Crippen MR) is 112 cm³/mol. The molecule has 1 saturated heterocycles. The normalized spacial score (nSPS) is 18.8. The van der Waals surface area contributed by atoms with Gasteiger partial charge in [-0.25, -0.2) is 4.79 Å². The summed E-state index contributed by atoms with van der Waals surface area (Å²) in [4.78, 5) is 12.0. The zero-order valence-corrected chi connectivity index (χ0v) is 16.2. The van der Waals surface area contributed by atoms with Crippen molar-refractivity contribution in [3.05, 3.63) is 65.7 Å². The first-order chi connectivity index (χ1) is 13.7. The van der Waals surface area contributed by atoms with E-state index in [0.29, 0.717) is 23.8 Å². The van der Waals surface area contributed by atoms with E-state index < -0.39 is 0 Å². The Morgan fingerprint density at radius 3 is 2.86 bits per heavy atom. The molecule has 5 nitrogen and oxygen atoms in total. The summed E-state index contributed by atoms with van der Waals surface area (Å²) in [6.45, 7) is 1.72. The molecular weight excluding hydrogens is 348 g/mol. The van der Waals surface area contributed by atoms with Crippen LogP contribution in [-0.4, -0.2) is 25.2 Å². The fraction of sp³-hybridized carbons (Fsp3) is 0.391. The monoisotopic (exact) mass is 376 g/mol. The zero-order chi connectivity index (χ0) is 19.6. The van der Waals surface area contributed by atoms with Crippen LogP contribution in [0.4, 0.5) is 10.5 Å². The first-order valence-corrected chi connectivity index (χ1v) is 10.1. The van der Waals surface area contributed by atoms with Crippen molar-refractivity contribution in [3.8, 4) is 6.07 Å². The molecule has 5 heteroatoms. The van der Waals surface area contributed by atoms with Gasteiger partial charge < -0.3 is 16.0 Å². The van der Waals surface area contributed by atoms with E-state index in [0.717, 1.165) is 31.7 Å². The molecule has 2 amide bonds. The van der Waals surface area contributed by atoms with E-state index in [9.17, 15) is 4.79 Å². The van der Waals surface area contributed by atoms with Gasteiger partial charge in [0.1, 0.15) is 0 Å². The third kappa shape index (κ3) is 6.40. The summed E-state index contributed by atoms with van der Waals surface area (Å²) < 4.78 is 0. The molecule has 0 radical (unpaired) electrons. The number of benzene rings is 2. The summed E-state index contributed by atoms with van der Waals surface area (Å²) in [6.07, 6.45) is 5.59. The van der Waals surface area contributed by atoms with E-state index >= 15 is 0 Å². The highest BCUT2D eigenvalue weighted by atomic mass is 16.2. The minimum atomic E-state index is -0.228. The Balaban J connectivity index is 1.34. The molecular formula is C23H28N4O. The first-order valence-electron chi connectivity index (χ1n) is 10.1. The smallest absolute Gasteiger partial charge is 0.319 e. The summed E-state index contributed by atoms with van der Waals surface area (Å²) in [5.74, 6) is 0.734. The van der Waals surface area contributed by atoms with Gasteiger partial charge in [0.25, 0.3) is 0 Å². The van der Waals surface area contributed by atoms with Gasteiger partial charge in [-0.05, 0) is 68.3 Å². The highest BCUT2D eigenvalue weighted by Gasteiger charge is 2.21. The van der Waals surface area contributed by atoms with E-state index in [1.165, 1.54) is 18.4 Å². The van der Waals surface area contributed by atoms with Gasteiger partial charge in [0.05, 0.1) is 11.6 Å². The van der Waals surface area contributed by atoms with Crippen LogP contribution in [0.25, 0.3) is 0 Å². The Morgan fingerprint density at radius 2 is 2.04 bits per heavy atom. The minimum Gasteiger partial charge on any atom is -0.338 e. The number of nitrogens with one attached hydrogen (secondary N) is 3. The molecule has 3 N–H and O–H groups in total. The van der Waals surface area contributed by atoms with Gasteiger partial charge in [-0.3, -0.25) is 0 Å². The van der Waals surface area contributed by atoms with Crippen molar-refractivity contribution < 1.29 is 4.79 Å². The van der Waals surface area contributed by atoms with Crippen LogP contribution in [0.5, 0.6) is 0 Å². The minimum absolute atomic E-state index is 0.228. The highest BCUT2D eigenvalue weighted by Crippen LogP contribution is 2.23. The van der Waals surface area contributed by atoms with Crippen molar-refractivity contribution in [2.24, 2.45) is 5.92 Å². The van der Waals surface area contributed by atoms with Crippen LogP contribution in [0.2, 0.25) is 0 Å².